The summed E-state index contributed by atoms with van der Waals surface area (Å²) in [5.41, 5.74) is 11.9. The number of aryl methyl sites for hydroxylation is 1. The van der Waals surface area contributed by atoms with E-state index in [9.17, 15) is 4.79 Å². The average Bonchev–Trinajstić information content (AvgIpc) is 3.32. The molecule has 1 aliphatic heterocycles. The fourth-order valence-corrected chi connectivity index (χ4v) is 3.92. The Hall–Kier alpha value is -2.96. The van der Waals surface area contributed by atoms with Crippen molar-refractivity contribution < 1.29 is 4.79 Å². The summed E-state index contributed by atoms with van der Waals surface area (Å²) >= 11 is 0. The molecule has 0 bridgehead atoms. The largest absolute Gasteiger partial charge is 0.339 e. The van der Waals surface area contributed by atoms with Gasteiger partial charge in [-0.05, 0) is 43.5 Å². The molecule has 4 rings (SSSR count). The highest BCUT2D eigenvalue weighted by molar-refractivity contribution is 5.76. The second-order valence-electron chi connectivity index (χ2n) is 7.50. The summed E-state index contributed by atoms with van der Waals surface area (Å²) < 4.78 is 1.95. The lowest BCUT2D eigenvalue weighted by molar-refractivity contribution is -0.121. The predicted octanol–water partition coefficient (Wildman–Crippen LogP) is 3.10. The maximum Gasteiger partial charge on any atom is 0.221 e. The Morgan fingerprint density at radius 1 is 1.07 bits per heavy atom. The number of rotatable bonds is 6. The van der Waals surface area contributed by atoms with Crippen LogP contribution in [0.1, 0.15) is 41.4 Å². The van der Waals surface area contributed by atoms with E-state index in [0.29, 0.717) is 12.8 Å². The SMILES string of the molecule is Cc1nn(-c2ccccc2)c(C)c1CCC(=O)NC1CC(c2ccccc2)NN1. The van der Waals surface area contributed by atoms with Crippen molar-refractivity contribution in [2.24, 2.45) is 0 Å². The number of aromatic nitrogens is 2. The molecule has 29 heavy (non-hydrogen) atoms. The lowest BCUT2D eigenvalue weighted by Gasteiger charge is -2.12. The summed E-state index contributed by atoms with van der Waals surface area (Å²) in [4.78, 5) is 12.5. The quantitative estimate of drug-likeness (QED) is 0.606. The number of nitrogens with zero attached hydrogens (tertiary/aromatic N) is 2. The van der Waals surface area contributed by atoms with Gasteiger partial charge in [0.1, 0.15) is 0 Å². The van der Waals surface area contributed by atoms with E-state index in [1.165, 1.54) is 5.56 Å². The van der Waals surface area contributed by atoms with E-state index >= 15 is 0 Å². The molecule has 6 nitrogen and oxygen atoms in total. The van der Waals surface area contributed by atoms with E-state index in [4.69, 9.17) is 0 Å². The minimum Gasteiger partial charge on any atom is -0.339 e. The van der Waals surface area contributed by atoms with Gasteiger partial charge in [-0.3, -0.25) is 4.79 Å². The second-order valence-corrected chi connectivity index (χ2v) is 7.50. The first kappa shape index (κ1) is 19.4. The van der Waals surface area contributed by atoms with Crippen LogP contribution in [0.15, 0.2) is 60.7 Å². The smallest absolute Gasteiger partial charge is 0.221 e. The molecular formula is C23H27N5O. The van der Waals surface area contributed by atoms with Gasteiger partial charge in [0.25, 0.3) is 0 Å². The van der Waals surface area contributed by atoms with Gasteiger partial charge in [0, 0.05) is 24.6 Å². The molecule has 2 atom stereocenters. The van der Waals surface area contributed by atoms with E-state index in [2.05, 4.69) is 40.3 Å². The first-order chi connectivity index (χ1) is 14.1. The Morgan fingerprint density at radius 2 is 1.76 bits per heavy atom. The molecule has 3 N–H and O–H groups in total. The normalized spacial score (nSPS) is 18.7. The van der Waals surface area contributed by atoms with Crippen molar-refractivity contribution in [2.45, 2.75) is 45.3 Å². The van der Waals surface area contributed by atoms with Gasteiger partial charge in [0.05, 0.1) is 17.5 Å². The van der Waals surface area contributed by atoms with Gasteiger partial charge < -0.3 is 5.32 Å². The van der Waals surface area contributed by atoms with Crippen LogP contribution >= 0.6 is 0 Å². The number of hydrogen-bond acceptors (Lipinski definition) is 4. The minimum atomic E-state index is -0.0676. The van der Waals surface area contributed by atoms with Gasteiger partial charge in [0.15, 0.2) is 0 Å². The first-order valence-electron chi connectivity index (χ1n) is 10.1. The van der Waals surface area contributed by atoms with E-state index in [1.807, 2.05) is 60.1 Å². The van der Waals surface area contributed by atoms with E-state index in [-0.39, 0.29) is 18.1 Å². The zero-order valence-corrected chi connectivity index (χ0v) is 16.9. The van der Waals surface area contributed by atoms with Crippen molar-refractivity contribution in [1.82, 2.24) is 25.9 Å². The zero-order chi connectivity index (χ0) is 20.2. The molecule has 3 aromatic rings. The Kier molecular flexibility index (Phi) is 5.74. The number of hydrogen-bond donors (Lipinski definition) is 3. The number of carbonyl (C=O) groups is 1. The van der Waals surface area contributed by atoms with Gasteiger partial charge in [-0.1, -0.05) is 48.5 Å². The van der Waals surface area contributed by atoms with Crippen molar-refractivity contribution in [3.8, 4) is 5.69 Å². The molecule has 0 spiro atoms. The minimum absolute atomic E-state index is 0.0456. The zero-order valence-electron chi connectivity index (χ0n) is 16.9. The summed E-state index contributed by atoms with van der Waals surface area (Å²) in [5.74, 6) is 0.0456. The highest BCUT2D eigenvalue weighted by Gasteiger charge is 2.26. The number of benzene rings is 2. The molecule has 2 aromatic carbocycles. The van der Waals surface area contributed by atoms with Gasteiger partial charge in [-0.25, -0.2) is 15.5 Å². The number of para-hydroxylation sites is 1. The molecule has 2 heterocycles. The molecule has 1 aliphatic rings. The van der Waals surface area contributed by atoms with E-state index < -0.39 is 0 Å². The predicted molar refractivity (Wildman–Crippen MR) is 113 cm³/mol. The molecule has 0 saturated carbocycles. The summed E-state index contributed by atoms with van der Waals surface area (Å²) in [7, 11) is 0. The van der Waals surface area contributed by atoms with Crippen molar-refractivity contribution in [1.29, 1.82) is 0 Å². The first-order valence-corrected chi connectivity index (χ1v) is 10.1. The molecule has 0 radical (unpaired) electrons. The average molecular weight is 390 g/mol. The monoisotopic (exact) mass is 389 g/mol. The molecule has 6 heteroatoms. The number of carbonyl (C=O) groups excluding carboxylic acids is 1. The van der Waals surface area contributed by atoms with Crippen LogP contribution < -0.4 is 16.2 Å². The van der Waals surface area contributed by atoms with Crippen molar-refractivity contribution in [3.05, 3.63) is 83.2 Å². The molecule has 1 saturated heterocycles. The van der Waals surface area contributed by atoms with Gasteiger partial charge in [-0.15, -0.1) is 0 Å². The van der Waals surface area contributed by atoms with Crippen molar-refractivity contribution in [3.63, 3.8) is 0 Å². The third kappa shape index (κ3) is 4.39. The highest BCUT2D eigenvalue weighted by atomic mass is 16.1. The van der Waals surface area contributed by atoms with Gasteiger partial charge in [0.2, 0.25) is 5.91 Å². The second kappa shape index (κ2) is 8.59. The Labute approximate surface area is 171 Å². The summed E-state index contributed by atoms with van der Waals surface area (Å²) in [6.07, 6.45) is 1.87. The van der Waals surface area contributed by atoms with Gasteiger partial charge in [-0.2, -0.15) is 5.10 Å². The molecule has 1 fully saturated rings. The Morgan fingerprint density at radius 3 is 2.48 bits per heavy atom. The van der Waals surface area contributed by atoms with Crippen LogP contribution in [0.3, 0.4) is 0 Å². The maximum absolute atomic E-state index is 12.5. The fraction of sp³-hybridized carbons (Fsp3) is 0.304. The van der Waals surface area contributed by atoms with Crippen molar-refractivity contribution in [2.75, 3.05) is 0 Å². The molecule has 1 amide bonds. The number of nitrogens with one attached hydrogen (secondary N) is 3. The van der Waals surface area contributed by atoms with Crippen LogP contribution in [0.25, 0.3) is 5.69 Å². The molecule has 2 unspecified atom stereocenters. The summed E-state index contributed by atoms with van der Waals surface area (Å²) in [5, 5.41) is 7.75. The Bertz CT molecular complexity index is 968. The topological polar surface area (TPSA) is 71.0 Å². The van der Waals surface area contributed by atoms with Gasteiger partial charge >= 0.3 is 0 Å². The van der Waals surface area contributed by atoms with Crippen molar-refractivity contribution >= 4 is 5.91 Å². The van der Waals surface area contributed by atoms with Crippen LogP contribution in [0.5, 0.6) is 0 Å². The van der Waals surface area contributed by atoms with Crippen LogP contribution in [0, 0.1) is 13.8 Å². The van der Waals surface area contributed by atoms with Crippen LogP contribution in [0.4, 0.5) is 0 Å². The van der Waals surface area contributed by atoms with E-state index in [0.717, 1.165) is 29.1 Å². The van der Waals surface area contributed by atoms with E-state index in [1.54, 1.807) is 0 Å². The van der Waals surface area contributed by atoms with Crippen LogP contribution in [0.2, 0.25) is 0 Å². The third-order valence-electron chi connectivity index (χ3n) is 5.48. The summed E-state index contributed by atoms with van der Waals surface area (Å²) in [6, 6.07) is 20.6. The Balaban J connectivity index is 1.33. The fourth-order valence-electron chi connectivity index (χ4n) is 3.92. The number of hydrazine groups is 1. The molecule has 150 valence electrons. The maximum atomic E-state index is 12.5. The lowest BCUT2D eigenvalue weighted by atomic mass is 10.0. The standard InChI is InChI=1S/C23H27N5O/c1-16-20(17(2)28(27-16)19-11-7-4-8-12-19)13-14-23(29)24-22-15-21(25-26-22)18-9-5-3-6-10-18/h3-12,21-22,25-26H,13-15H2,1-2H3,(H,24,29). The molecule has 1 aromatic heterocycles. The third-order valence-corrected chi connectivity index (χ3v) is 5.48. The lowest BCUT2D eigenvalue weighted by Crippen LogP contribution is -2.44. The number of amides is 1. The summed E-state index contributed by atoms with van der Waals surface area (Å²) in [6.45, 7) is 4.07. The molecular weight excluding hydrogens is 362 g/mol. The highest BCUT2D eigenvalue weighted by Crippen LogP contribution is 2.22. The molecule has 0 aliphatic carbocycles. The van der Waals surface area contributed by atoms with Crippen LogP contribution in [-0.4, -0.2) is 21.9 Å². The van der Waals surface area contributed by atoms with Crippen LogP contribution in [-0.2, 0) is 11.2 Å².